The molecular formula is C15H31N3O3S2. The summed E-state index contributed by atoms with van der Waals surface area (Å²) in [5.74, 6) is 0.258. The van der Waals surface area contributed by atoms with E-state index in [0.717, 1.165) is 32.7 Å². The van der Waals surface area contributed by atoms with Gasteiger partial charge in [0.1, 0.15) is 6.04 Å². The van der Waals surface area contributed by atoms with Crippen LogP contribution in [0.3, 0.4) is 0 Å². The molecule has 0 bridgehead atoms. The Labute approximate surface area is 151 Å². The molecule has 136 valence electrons. The molecular weight excluding hydrogens is 334 g/mol. The van der Waals surface area contributed by atoms with Crippen LogP contribution in [0.5, 0.6) is 0 Å². The monoisotopic (exact) mass is 365 g/mol. The summed E-state index contributed by atoms with van der Waals surface area (Å²) in [5.41, 5.74) is 0. The van der Waals surface area contributed by atoms with Crippen LogP contribution in [0.1, 0.15) is 20.8 Å². The van der Waals surface area contributed by atoms with Gasteiger partial charge in [-0.3, -0.25) is 9.69 Å². The van der Waals surface area contributed by atoms with Crippen molar-refractivity contribution in [2.75, 3.05) is 57.4 Å². The Bertz CT molecular complexity index is 342. The maximum absolute atomic E-state index is 12.2. The molecule has 0 aromatic carbocycles. The fraction of sp³-hybridized carbons (Fsp3) is 0.867. The van der Waals surface area contributed by atoms with E-state index in [1.807, 2.05) is 4.90 Å². The van der Waals surface area contributed by atoms with Gasteiger partial charge in [-0.2, -0.15) is 25.3 Å². The number of esters is 1. The lowest BCUT2D eigenvalue weighted by molar-refractivity contribution is -0.146. The number of hydrogen-bond donors (Lipinski definition) is 3. The highest BCUT2D eigenvalue weighted by Crippen LogP contribution is 1.97. The average molecular weight is 366 g/mol. The molecule has 0 saturated heterocycles. The van der Waals surface area contributed by atoms with E-state index in [1.165, 1.54) is 0 Å². The molecule has 0 radical (unpaired) electrons. The third-order valence-electron chi connectivity index (χ3n) is 3.50. The van der Waals surface area contributed by atoms with E-state index in [2.05, 4.69) is 49.3 Å². The van der Waals surface area contributed by atoms with Crippen LogP contribution in [0.15, 0.2) is 0 Å². The van der Waals surface area contributed by atoms with Gasteiger partial charge in [0.2, 0.25) is 5.91 Å². The minimum Gasteiger partial charge on any atom is -0.464 e. The molecule has 1 amide bonds. The normalized spacial score (nSPS) is 12.5. The standard InChI is InChI=1S/C15H31N3O3S2/c1-4-17(5-2)7-8-18(9-10-22)11-14(19)16-13(12-23)15(20)21-6-3/h13,22-23H,4-12H2,1-3H3,(H,16,19). The summed E-state index contributed by atoms with van der Waals surface area (Å²) in [5, 5.41) is 2.69. The molecule has 6 nitrogen and oxygen atoms in total. The number of nitrogens with one attached hydrogen (secondary N) is 1. The second-order valence-electron chi connectivity index (χ2n) is 5.08. The topological polar surface area (TPSA) is 61.9 Å². The highest BCUT2D eigenvalue weighted by Gasteiger charge is 2.21. The Morgan fingerprint density at radius 3 is 2.13 bits per heavy atom. The molecule has 1 N–H and O–H groups in total. The van der Waals surface area contributed by atoms with Gasteiger partial charge in [-0.25, -0.2) is 4.79 Å². The van der Waals surface area contributed by atoms with Crippen molar-refractivity contribution in [3.63, 3.8) is 0 Å². The molecule has 0 rings (SSSR count). The summed E-state index contributed by atoms with van der Waals surface area (Å²) in [4.78, 5) is 28.2. The van der Waals surface area contributed by atoms with Crippen molar-refractivity contribution in [3.05, 3.63) is 0 Å². The zero-order valence-electron chi connectivity index (χ0n) is 14.5. The number of hydrogen-bond acceptors (Lipinski definition) is 7. The summed E-state index contributed by atoms with van der Waals surface area (Å²) in [6, 6.07) is -0.702. The van der Waals surface area contributed by atoms with Gasteiger partial charge in [-0.1, -0.05) is 13.8 Å². The molecule has 0 aromatic heterocycles. The molecule has 0 heterocycles. The van der Waals surface area contributed by atoms with Crippen LogP contribution in [0.2, 0.25) is 0 Å². The Morgan fingerprint density at radius 2 is 1.65 bits per heavy atom. The van der Waals surface area contributed by atoms with Crippen LogP contribution in [-0.2, 0) is 14.3 Å². The molecule has 0 saturated carbocycles. The number of likely N-dealkylation sites (N-methyl/N-ethyl adjacent to an activating group) is 1. The molecule has 23 heavy (non-hydrogen) atoms. The Kier molecular flexibility index (Phi) is 13.7. The van der Waals surface area contributed by atoms with Gasteiger partial charge in [0.25, 0.3) is 0 Å². The highest BCUT2D eigenvalue weighted by atomic mass is 32.1. The molecule has 0 spiro atoms. The SMILES string of the molecule is CCOC(=O)C(CS)NC(=O)CN(CCS)CCN(CC)CC. The number of carbonyl (C=O) groups is 2. The van der Waals surface area contributed by atoms with Gasteiger partial charge in [-0.05, 0) is 20.0 Å². The second kappa shape index (κ2) is 13.9. The van der Waals surface area contributed by atoms with E-state index >= 15 is 0 Å². The molecule has 1 atom stereocenters. The summed E-state index contributed by atoms with van der Waals surface area (Å²) < 4.78 is 4.92. The lowest BCUT2D eigenvalue weighted by Gasteiger charge is -2.26. The summed E-state index contributed by atoms with van der Waals surface area (Å²) in [6.45, 7) is 10.9. The summed E-state index contributed by atoms with van der Waals surface area (Å²) in [7, 11) is 0. The van der Waals surface area contributed by atoms with Crippen molar-refractivity contribution >= 4 is 37.1 Å². The van der Waals surface area contributed by atoms with Crippen LogP contribution < -0.4 is 5.32 Å². The van der Waals surface area contributed by atoms with Crippen LogP contribution in [0, 0.1) is 0 Å². The number of thiol groups is 2. The maximum Gasteiger partial charge on any atom is 0.329 e. The minimum absolute atomic E-state index is 0.196. The molecule has 1 unspecified atom stereocenters. The van der Waals surface area contributed by atoms with Crippen molar-refractivity contribution in [3.8, 4) is 0 Å². The zero-order chi connectivity index (χ0) is 17.7. The van der Waals surface area contributed by atoms with Crippen LogP contribution in [0.25, 0.3) is 0 Å². The van der Waals surface area contributed by atoms with E-state index in [9.17, 15) is 9.59 Å². The molecule has 0 aliphatic carbocycles. The molecule has 0 aromatic rings. The van der Waals surface area contributed by atoms with Crippen LogP contribution in [-0.4, -0.2) is 85.1 Å². The average Bonchev–Trinajstić information content (AvgIpc) is 2.53. The Balaban J connectivity index is 4.44. The smallest absolute Gasteiger partial charge is 0.329 e. The lowest BCUT2D eigenvalue weighted by atomic mass is 10.3. The third-order valence-corrected chi connectivity index (χ3v) is 4.06. The van der Waals surface area contributed by atoms with Gasteiger partial charge in [0, 0.05) is 31.1 Å². The van der Waals surface area contributed by atoms with E-state index in [-0.39, 0.29) is 24.8 Å². The van der Waals surface area contributed by atoms with Gasteiger partial charge in [-0.15, -0.1) is 0 Å². The van der Waals surface area contributed by atoms with Gasteiger partial charge in [0.05, 0.1) is 13.2 Å². The lowest BCUT2D eigenvalue weighted by Crippen LogP contribution is -2.48. The Hall–Kier alpha value is -0.440. The fourth-order valence-corrected chi connectivity index (χ4v) is 2.62. The number of nitrogens with zero attached hydrogens (tertiary/aromatic N) is 2. The van der Waals surface area contributed by atoms with E-state index in [1.54, 1.807) is 6.92 Å². The second-order valence-corrected chi connectivity index (χ2v) is 5.89. The fourth-order valence-electron chi connectivity index (χ4n) is 2.10. The van der Waals surface area contributed by atoms with Crippen molar-refractivity contribution in [2.24, 2.45) is 0 Å². The predicted octanol–water partition coefficient (Wildman–Crippen LogP) is 0.538. The number of carbonyl (C=O) groups excluding carboxylic acids is 2. The third kappa shape index (κ3) is 10.1. The Morgan fingerprint density at radius 1 is 1.04 bits per heavy atom. The first kappa shape index (κ1) is 22.6. The predicted molar refractivity (Wildman–Crippen MR) is 100 cm³/mol. The van der Waals surface area contributed by atoms with Crippen molar-refractivity contribution in [1.82, 2.24) is 15.1 Å². The number of ether oxygens (including phenoxy) is 1. The van der Waals surface area contributed by atoms with Crippen molar-refractivity contribution < 1.29 is 14.3 Å². The van der Waals surface area contributed by atoms with E-state index in [0.29, 0.717) is 5.75 Å². The minimum atomic E-state index is -0.702. The molecule has 8 heteroatoms. The maximum atomic E-state index is 12.2. The van der Waals surface area contributed by atoms with Gasteiger partial charge in [0.15, 0.2) is 0 Å². The molecule has 0 fully saturated rings. The van der Waals surface area contributed by atoms with Gasteiger partial charge < -0.3 is 15.0 Å². The largest absolute Gasteiger partial charge is 0.464 e. The molecule has 0 aliphatic rings. The molecule has 0 aliphatic heterocycles. The van der Waals surface area contributed by atoms with Crippen LogP contribution in [0.4, 0.5) is 0 Å². The highest BCUT2D eigenvalue weighted by molar-refractivity contribution is 7.80. The first-order valence-corrected chi connectivity index (χ1v) is 9.41. The van der Waals surface area contributed by atoms with Crippen molar-refractivity contribution in [2.45, 2.75) is 26.8 Å². The summed E-state index contributed by atoms with van der Waals surface area (Å²) >= 11 is 8.35. The number of amides is 1. The first-order valence-electron chi connectivity index (χ1n) is 8.14. The zero-order valence-corrected chi connectivity index (χ0v) is 16.2. The van der Waals surface area contributed by atoms with E-state index < -0.39 is 12.0 Å². The van der Waals surface area contributed by atoms with E-state index in [4.69, 9.17) is 4.74 Å². The quantitative estimate of drug-likeness (QED) is 0.328. The number of rotatable bonds is 13. The summed E-state index contributed by atoms with van der Waals surface area (Å²) in [6.07, 6.45) is 0. The van der Waals surface area contributed by atoms with Crippen molar-refractivity contribution in [1.29, 1.82) is 0 Å². The first-order chi connectivity index (χ1) is 11.0. The van der Waals surface area contributed by atoms with Crippen LogP contribution >= 0.6 is 25.3 Å². The van der Waals surface area contributed by atoms with Gasteiger partial charge >= 0.3 is 5.97 Å².